The molecule has 50 valence electrons. The lowest BCUT2D eigenvalue weighted by Gasteiger charge is -2.27. The predicted octanol–water partition coefficient (Wildman–Crippen LogP) is 2.44. The minimum Gasteiger partial charge on any atom is -0.0614 e. The van der Waals surface area contributed by atoms with Crippen molar-refractivity contribution in [3.63, 3.8) is 0 Å². The molecule has 0 aliphatic heterocycles. The van der Waals surface area contributed by atoms with Crippen LogP contribution in [0, 0.1) is 22.2 Å². The van der Waals surface area contributed by atoms with Crippen LogP contribution in [0.4, 0.5) is 0 Å². The summed E-state index contributed by atoms with van der Waals surface area (Å²) in [6.45, 7) is 7.39. The van der Waals surface area contributed by atoms with Gasteiger partial charge in [0.05, 0.1) is 0 Å². The van der Waals surface area contributed by atoms with Gasteiger partial charge in [0.15, 0.2) is 0 Å². The van der Waals surface area contributed by atoms with Crippen molar-refractivity contribution in [1.82, 2.24) is 0 Å². The molecule has 4 unspecified atom stereocenters. The van der Waals surface area contributed by atoms with Gasteiger partial charge in [-0.1, -0.05) is 20.8 Å². The number of rotatable bonds is 0. The molecule has 0 heteroatoms. The van der Waals surface area contributed by atoms with Crippen molar-refractivity contribution in [1.29, 1.82) is 0 Å². The summed E-state index contributed by atoms with van der Waals surface area (Å²) < 4.78 is 0. The van der Waals surface area contributed by atoms with Crippen LogP contribution in [0.15, 0.2) is 0 Å². The summed E-state index contributed by atoms with van der Waals surface area (Å²) >= 11 is 0. The standard InChI is InChI=1S/C9H14/c1-6-8(3)4-7(2)5-9(6,7)8/h6H,4-5H2,1-3H3. The molecule has 1 spiro atoms. The summed E-state index contributed by atoms with van der Waals surface area (Å²) in [6.07, 6.45) is 3.08. The average Bonchev–Trinajstić information content (AvgIpc) is 2.37. The van der Waals surface area contributed by atoms with Crippen LogP contribution in [0.2, 0.25) is 0 Å². The summed E-state index contributed by atoms with van der Waals surface area (Å²) in [4.78, 5) is 0. The molecule has 0 N–H and O–H groups in total. The smallest absolute Gasteiger partial charge is 0.0150 e. The van der Waals surface area contributed by atoms with Crippen LogP contribution in [0.3, 0.4) is 0 Å². The fraction of sp³-hybridized carbons (Fsp3) is 1.00. The third-order valence-corrected chi connectivity index (χ3v) is 5.01. The quantitative estimate of drug-likeness (QED) is 0.463. The zero-order valence-corrected chi connectivity index (χ0v) is 6.49. The lowest BCUT2D eigenvalue weighted by atomic mass is 9.77. The van der Waals surface area contributed by atoms with Gasteiger partial charge in [0.2, 0.25) is 0 Å². The highest BCUT2D eigenvalue weighted by Gasteiger charge is 2.96. The molecule has 3 aliphatic rings. The van der Waals surface area contributed by atoms with E-state index in [0.29, 0.717) is 0 Å². The lowest BCUT2D eigenvalue weighted by Crippen LogP contribution is -2.20. The highest BCUT2D eigenvalue weighted by Crippen LogP contribution is 3.02. The minimum absolute atomic E-state index is 0.821. The van der Waals surface area contributed by atoms with E-state index < -0.39 is 0 Å². The largest absolute Gasteiger partial charge is 0.0614 e. The van der Waals surface area contributed by atoms with Gasteiger partial charge in [0.25, 0.3) is 0 Å². The van der Waals surface area contributed by atoms with Crippen LogP contribution in [0.5, 0.6) is 0 Å². The summed E-state index contributed by atoms with van der Waals surface area (Å²) in [5.41, 5.74) is 2.54. The van der Waals surface area contributed by atoms with E-state index in [-0.39, 0.29) is 0 Å². The molecule has 3 aliphatic carbocycles. The molecule has 0 radical (unpaired) electrons. The molecule has 0 aromatic heterocycles. The number of hydrogen-bond donors (Lipinski definition) is 0. The first-order valence-electron chi connectivity index (χ1n) is 4.07. The third-order valence-electron chi connectivity index (χ3n) is 5.01. The van der Waals surface area contributed by atoms with Crippen molar-refractivity contribution >= 4 is 0 Å². The molecular formula is C9H14. The Morgan fingerprint density at radius 3 is 1.89 bits per heavy atom. The average molecular weight is 122 g/mol. The van der Waals surface area contributed by atoms with E-state index in [0.717, 1.165) is 22.2 Å². The highest BCUT2D eigenvalue weighted by atomic mass is 15.0. The molecule has 0 amide bonds. The van der Waals surface area contributed by atoms with Crippen molar-refractivity contribution in [3.05, 3.63) is 0 Å². The molecule has 9 heavy (non-hydrogen) atoms. The first kappa shape index (κ1) is 4.76. The van der Waals surface area contributed by atoms with E-state index >= 15 is 0 Å². The van der Waals surface area contributed by atoms with Crippen LogP contribution >= 0.6 is 0 Å². The normalized spacial score (nSPS) is 82.3. The van der Waals surface area contributed by atoms with Crippen LogP contribution < -0.4 is 0 Å². The second kappa shape index (κ2) is 0.741. The lowest BCUT2D eigenvalue weighted by molar-refractivity contribution is 0.214. The monoisotopic (exact) mass is 122 g/mol. The topological polar surface area (TPSA) is 0 Å². The Hall–Kier alpha value is 0. The van der Waals surface area contributed by atoms with Crippen LogP contribution in [-0.4, -0.2) is 0 Å². The third kappa shape index (κ3) is 0.199. The van der Waals surface area contributed by atoms with Gasteiger partial charge in [0.1, 0.15) is 0 Å². The highest BCUT2D eigenvalue weighted by molar-refractivity contribution is 5.44. The Morgan fingerprint density at radius 2 is 1.89 bits per heavy atom. The van der Waals surface area contributed by atoms with Crippen LogP contribution in [0.1, 0.15) is 33.6 Å². The molecule has 0 heterocycles. The van der Waals surface area contributed by atoms with Crippen LogP contribution in [0.25, 0.3) is 0 Å². The molecule has 0 nitrogen and oxygen atoms in total. The summed E-state index contributed by atoms with van der Waals surface area (Å²) in [5, 5.41) is 0. The van der Waals surface area contributed by atoms with Crippen molar-refractivity contribution in [2.45, 2.75) is 33.6 Å². The van der Waals surface area contributed by atoms with E-state index in [9.17, 15) is 0 Å². The fourth-order valence-corrected chi connectivity index (χ4v) is 4.38. The molecule has 3 saturated carbocycles. The van der Waals surface area contributed by atoms with Gasteiger partial charge >= 0.3 is 0 Å². The first-order valence-corrected chi connectivity index (χ1v) is 4.07. The zero-order chi connectivity index (χ0) is 6.49. The second-order valence-corrected chi connectivity index (χ2v) is 5.02. The molecular weight excluding hydrogens is 108 g/mol. The summed E-state index contributed by atoms with van der Waals surface area (Å²) in [7, 11) is 0. The maximum Gasteiger partial charge on any atom is -0.0150 e. The van der Waals surface area contributed by atoms with Crippen molar-refractivity contribution < 1.29 is 0 Å². The van der Waals surface area contributed by atoms with Crippen molar-refractivity contribution in [2.24, 2.45) is 22.2 Å². The molecule has 0 aromatic rings. The van der Waals surface area contributed by atoms with Gasteiger partial charge in [-0.3, -0.25) is 0 Å². The molecule has 0 aromatic carbocycles. The Labute approximate surface area is 56.6 Å². The molecule has 3 rings (SSSR count). The SMILES string of the molecule is CC1C2(C)CC3(C)CC132. The van der Waals surface area contributed by atoms with Gasteiger partial charge in [-0.25, -0.2) is 0 Å². The maximum absolute atomic E-state index is 2.48. The molecule has 3 fully saturated rings. The van der Waals surface area contributed by atoms with E-state index in [4.69, 9.17) is 0 Å². The van der Waals surface area contributed by atoms with Gasteiger partial charge in [-0.15, -0.1) is 0 Å². The van der Waals surface area contributed by atoms with E-state index in [1.165, 1.54) is 6.42 Å². The molecule has 0 saturated heterocycles. The fourth-order valence-electron chi connectivity index (χ4n) is 4.38. The molecule has 0 bridgehead atoms. The minimum atomic E-state index is 0.821. The van der Waals surface area contributed by atoms with Gasteiger partial charge in [-0.2, -0.15) is 0 Å². The van der Waals surface area contributed by atoms with Gasteiger partial charge in [-0.05, 0) is 35.0 Å². The van der Waals surface area contributed by atoms with Crippen molar-refractivity contribution in [2.75, 3.05) is 0 Å². The van der Waals surface area contributed by atoms with Gasteiger partial charge < -0.3 is 0 Å². The Bertz CT molecular complexity index is 208. The summed E-state index contributed by atoms with van der Waals surface area (Å²) in [5.74, 6) is 1.06. The van der Waals surface area contributed by atoms with Crippen molar-refractivity contribution in [3.8, 4) is 0 Å². The Morgan fingerprint density at radius 1 is 1.22 bits per heavy atom. The zero-order valence-electron chi connectivity index (χ0n) is 6.49. The first-order chi connectivity index (χ1) is 4.07. The van der Waals surface area contributed by atoms with E-state index in [1.54, 1.807) is 6.42 Å². The van der Waals surface area contributed by atoms with Crippen LogP contribution in [-0.2, 0) is 0 Å². The number of hydrogen-bond acceptors (Lipinski definition) is 0. The van der Waals surface area contributed by atoms with E-state index in [2.05, 4.69) is 20.8 Å². The summed E-state index contributed by atoms with van der Waals surface area (Å²) in [6, 6.07) is 0. The maximum atomic E-state index is 2.48. The van der Waals surface area contributed by atoms with Gasteiger partial charge in [0, 0.05) is 0 Å². The Balaban J connectivity index is 2.11. The predicted molar refractivity (Wildman–Crippen MR) is 37.0 cm³/mol. The Kier molecular flexibility index (Phi) is 0.392. The molecule has 4 atom stereocenters. The van der Waals surface area contributed by atoms with E-state index in [1.807, 2.05) is 0 Å². The second-order valence-electron chi connectivity index (χ2n) is 5.02.